The van der Waals surface area contributed by atoms with Crippen LogP contribution in [0.15, 0.2) is 37.1 Å². The van der Waals surface area contributed by atoms with Crippen LogP contribution in [0, 0.1) is 0 Å². The van der Waals surface area contributed by atoms with Crippen molar-refractivity contribution in [2.24, 2.45) is 5.73 Å². The highest BCUT2D eigenvalue weighted by Crippen LogP contribution is 2.18. The number of hydrogen-bond acceptors (Lipinski definition) is 4. The van der Waals surface area contributed by atoms with Gasteiger partial charge in [-0.1, -0.05) is 0 Å². The highest BCUT2D eigenvalue weighted by molar-refractivity contribution is 5.61. The fourth-order valence-electron chi connectivity index (χ4n) is 1.28. The highest BCUT2D eigenvalue weighted by Gasteiger charge is 2.03. The van der Waals surface area contributed by atoms with E-state index < -0.39 is 0 Å². The number of pyridine rings is 1. The number of nitrogens with two attached hydrogens (primary N) is 1. The molecule has 2 aromatic heterocycles. The second kappa shape index (κ2) is 3.93. The van der Waals surface area contributed by atoms with E-state index in [0.29, 0.717) is 6.54 Å². The average Bonchev–Trinajstić information content (AvgIpc) is 2.30. The predicted octanol–water partition coefficient (Wildman–Crippen LogP) is 0.997. The molecule has 0 fully saturated rings. The van der Waals surface area contributed by atoms with Crippen molar-refractivity contribution in [1.29, 1.82) is 0 Å². The molecule has 70 valence electrons. The first-order valence-electron chi connectivity index (χ1n) is 4.31. The molecule has 2 N–H and O–H groups in total. The summed E-state index contributed by atoms with van der Waals surface area (Å²) in [6.07, 6.45) is 8.50. The van der Waals surface area contributed by atoms with E-state index in [-0.39, 0.29) is 0 Å². The molecule has 2 rings (SSSR count). The van der Waals surface area contributed by atoms with E-state index in [4.69, 9.17) is 5.73 Å². The third kappa shape index (κ3) is 1.60. The molecule has 0 atom stereocenters. The Labute approximate surface area is 81.9 Å². The van der Waals surface area contributed by atoms with Crippen LogP contribution < -0.4 is 5.73 Å². The molecular formula is C10H10N4. The van der Waals surface area contributed by atoms with Gasteiger partial charge < -0.3 is 5.73 Å². The second-order valence-electron chi connectivity index (χ2n) is 2.83. The van der Waals surface area contributed by atoms with Gasteiger partial charge in [0.05, 0.1) is 11.9 Å². The number of aromatic nitrogens is 3. The van der Waals surface area contributed by atoms with E-state index >= 15 is 0 Å². The van der Waals surface area contributed by atoms with Crippen molar-refractivity contribution in [3.8, 4) is 11.3 Å². The van der Waals surface area contributed by atoms with Crippen LogP contribution in [0.1, 0.15) is 5.56 Å². The summed E-state index contributed by atoms with van der Waals surface area (Å²) in [7, 11) is 0. The molecule has 2 aromatic rings. The average molecular weight is 186 g/mol. The summed E-state index contributed by atoms with van der Waals surface area (Å²) >= 11 is 0. The molecule has 0 amide bonds. The third-order valence-electron chi connectivity index (χ3n) is 1.96. The third-order valence-corrected chi connectivity index (χ3v) is 1.96. The summed E-state index contributed by atoms with van der Waals surface area (Å²) in [4.78, 5) is 12.2. The van der Waals surface area contributed by atoms with E-state index in [1.165, 1.54) is 0 Å². The molecule has 0 aliphatic heterocycles. The molecule has 0 bridgehead atoms. The van der Waals surface area contributed by atoms with Crippen LogP contribution in [0.25, 0.3) is 11.3 Å². The van der Waals surface area contributed by atoms with E-state index in [2.05, 4.69) is 15.0 Å². The predicted molar refractivity (Wildman–Crippen MR) is 53.2 cm³/mol. The van der Waals surface area contributed by atoms with Crippen molar-refractivity contribution in [2.45, 2.75) is 6.54 Å². The highest BCUT2D eigenvalue weighted by atomic mass is 14.8. The van der Waals surface area contributed by atoms with Crippen molar-refractivity contribution >= 4 is 0 Å². The molecule has 4 nitrogen and oxygen atoms in total. The Morgan fingerprint density at radius 2 is 1.93 bits per heavy atom. The zero-order valence-corrected chi connectivity index (χ0v) is 7.59. The Morgan fingerprint density at radius 3 is 2.64 bits per heavy atom. The van der Waals surface area contributed by atoms with Crippen LogP contribution in [-0.2, 0) is 6.54 Å². The van der Waals surface area contributed by atoms with E-state index in [1.807, 2.05) is 6.07 Å². The lowest BCUT2D eigenvalue weighted by Crippen LogP contribution is -2.00. The Kier molecular flexibility index (Phi) is 2.46. The lowest BCUT2D eigenvalue weighted by molar-refractivity contribution is 1.04. The Morgan fingerprint density at radius 1 is 1.07 bits per heavy atom. The monoisotopic (exact) mass is 186 g/mol. The fourth-order valence-corrected chi connectivity index (χ4v) is 1.28. The molecule has 0 saturated carbocycles. The van der Waals surface area contributed by atoms with Crippen LogP contribution in [-0.4, -0.2) is 15.0 Å². The van der Waals surface area contributed by atoms with Gasteiger partial charge in [-0.25, -0.2) is 0 Å². The smallest absolute Gasteiger partial charge is 0.0889 e. The Bertz CT molecular complexity index is 413. The zero-order chi connectivity index (χ0) is 9.80. The summed E-state index contributed by atoms with van der Waals surface area (Å²) in [5.74, 6) is 0. The summed E-state index contributed by atoms with van der Waals surface area (Å²) in [6, 6.07) is 1.90. The van der Waals surface area contributed by atoms with E-state index in [1.54, 1.807) is 31.0 Å². The van der Waals surface area contributed by atoms with Crippen molar-refractivity contribution in [3.63, 3.8) is 0 Å². The molecule has 0 aliphatic carbocycles. The first kappa shape index (κ1) is 8.77. The zero-order valence-electron chi connectivity index (χ0n) is 7.59. The summed E-state index contributed by atoms with van der Waals surface area (Å²) in [5, 5.41) is 0. The lowest BCUT2D eigenvalue weighted by atomic mass is 10.1. The van der Waals surface area contributed by atoms with Crippen molar-refractivity contribution in [3.05, 3.63) is 42.6 Å². The molecule has 4 heteroatoms. The minimum absolute atomic E-state index is 0.458. The quantitative estimate of drug-likeness (QED) is 0.759. The molecule has 0 aliphatic rings. The summed E-state index contributed by atoms with van der Waals surface area (Å²) in [5.41, 5.74) is 8.40. The normalized spacial score (nSPS) is 10.1. The largest absolute Gasteiger partial charge is 0.326 e. The van der Waals surface area contributed by atoms with Gasteiger partial charge in [-0.2, -0.15) is 0 Å². The molecular weight excluding hydrogens is 176 g/mol. The summed E-state index contributed by atoms with van der Waals surface area (Å²) in [6.45, 7) is 0.458. The molecule has 0 spiro atoms. The van der Waals surface area contributed by atoms with Crippen LogP contribution >= 0.6 is 0 Å². The van der Waals surface area contributed by atoms with Gasteiger partial charge in [-0.3, -0.25) is 15.0 Å². The van der Waals surface area contributed by atoms with Crippen molar-refractivity contribution in [2.75, 3.05) is 0 Å². The molecule has 14 heavy (non-hydrogen) atoms. The fraction of sp³-hybridized carbons (Fsp3) is 0.100. The Balaban J connectivity index is 2.51. The second-order valence-corrected chi connectivity index (χ2v) is 2.83. The van der Waals surface area contributed by atoms with Gasteiger partial charge in [0, 0.05) is 36.9 Å². The van der Waals surface area contributed by atoms with Gasteiger partial charge in [-0.15, -0.1) is 0 Å². The standard InChI is InChI=1S/C10H10N4/c11-5-8-6-12-2-1-9(8)10-7-13-3-4-14-10/h1-4,6-7H,5,11H2. The van der Waals surface area contributed by atoms with E-state index in [0.717, 1.165) is 16.8 Å². The molecule has 0 aromatic carbocycles. The van der Waals surface area contributed by atoms with Gasteiger partial charge >= 0.3 is 0 Å². The maximum absolute atomic E-state index is 5.60. The van der Waals surface area contributed by atoms with Crippen LogP contribution in [0.4, 0.5) is 0 Å². The van der Waals surface area contributed by atoms with Gasteiger partial charge in [0.25, 0.3) is 0 Å². The number of nitrogens with zero attached hydrogens (tertiary/aromatic N) is 3. The SMILES string of the molecule is NCc1cnccc1-c1cnccn1. The molecule has 0 saturated heterocycles. The molecule has 2 heterocycles. The van der Waals surface area contributed by atoms with Gasteiger partial charge in [-0.05, 0) is 11.6 Å². The maximum Gasteiger partial charge on any atom is 0.0889 e. The topological polar surface area (TPSA) is 64.7 Å². The van der Waals surface area contributed by atoms with Crippen molar-refractivity contribution < 1.29 is 0 Å². The minimum atomic E-state index is 0.458. The maximum atomic E-state index is 5.60. The van der Waals surface area contributed by atoms with Gasteiger partial charge in [0.1, 0.15) is 0 Å². The van der Waals surface area contributed by atoms with Gasteiger partial charge in [0.15, 0.2) is 0 Å². The van der Waals surface area contributed by atoms with Crippen molar-refractivity contribution in [1.82, 2.24) is 15.0 Å². The number of hydrogen-bond donors (Lipinski definition) is 1. The van der Waals surface area contributed by atoms with E-state index in [9.17, 15) is 0 Å². The number of rotatable bonds is 2. The molecule has 0 unspecified atom stereocenters. The van der Waals surface area contributed by atoms with Gasteiger partial charge in [0.2, 0.25) is 0 Å². The molecule has 0 radical (unpaired) electrons. The first-order chi connectivity index (χ1) is 6.92. The van der Waals surface area contributed by atoms with Crippen LogP contribution in [0.5, 0.6) is 0 Å². The minimum Gasteiger partial charge on any atom is -0.326 e. The lowest BCUT2D eigenvalue weighted by Gasteiger charge is -2.04. The van der Waals surface area contributed by atoms with Crippen LogP contribution in [0.2, 0.25) is 0 Å². The Hall–Kier alpha value is -1.81. The first-order valence-corrected chi connectivity index (χ1v) is 4.31. The summed E-state index contributed by atoms with van der Waals surface area (Å²) < 4.78 is 0. The van der Waals surface area contributed by atoms with Crippen LogP contribution in [0.3, 0.4) is 0 Å².